The summed E-state index contributed by atoms with van der Waals surface area (Å²) in [5, 5.41) is 0.810. The van der Waals surface area contributed by atoms with E-state index in [-0.39, 0.29) is 5.91 Å². The predicted octanol–water partition coefficient (Wildman–Crippen LogP) is 2.86. The molecule has 2 aromatic heterocycles. The van der Waals surface area contributed by atoms with E-state index in [0.717, 1.165) is 48.9 Å². The molecule has 1 atom stereocenters. The molecule has 122 valence electrons. The lowest BCUT2D eigenvalue weighted by Crippen LogP contribution is -2.41. The van der Waals surface area contributed by atoms with Crippen LogP contribution in [-0.4, -0.2) is 44.7 Å². The summed E-state index contributed by atoms with van der Waals surface area (Å²) in [6, 6.07) is 3.72. The van der Waals surface area contributed by atoms with Crippen LogP contribution < -0.4 is 0 Å². The van der Waals surface area contributed by atoms with E-state index in [1.165, 1.54) is 11.8 Å². The molecule has 0 aliphatic carbocycles. The molecule has 1 fully saturated rings. The molecule has 2 aromatic rings. The Labute approximate surface area is 141 Å². The zero-order valence-corrected chi connectivity index (χ0v) is 14.4. The van der Waals surface area contributed by atoms with E-state index >= 15 is 0 Å². The largest absolute Gasteiger partial charge is 0.338 e. The maximum absolute atomic E-state index is 12.8. The third kappa shape index (κ3) is 3.58. The van der Waals surface area contributed by atoms with Crippen LogP contribution in [0.1, 0.15) is 29.0 Å². The zero-order valence-electron chi connectivity index (χ0n) is 13.6. The Morgan fingerprint density at radius 2 is 2.26 bits per heavy atom. The second-order valence-corrected chi connectivity index (χ2v) is 6.74. The fourth-order valence-electron chi connectivity index (χ4n) is 3.16. The number of imidazole rings is 1. The second kappa shape index (κ2) is 7.17. The molecular weight excluding hydrogens is 308 g/mol. The molecule has 1 aliphatic rings. The Balaban J connectivity index is 1.70. The van der Waals surface area contributed by atoms with Crippen LogP contribution in [0.4, 0.5) is 0 Å². The first kappa shape index (κ1) is 16.1. The molecule has 1 amide bonds. The van der Waals surface area contributed by atoms with Gasteiger partial charge >= 0.3 is 0 Å². The van der Waals surface area contributed by atoms with Gasteiger partial charge in [0.1, 0.15) is 10.9 Å². The number of carbonyl (C=O) groups is 1. The zero-order chi connectivity index (χ0) is 16.2. The number of piperidine rings is 1. The number of nitrogens with zero attached hydrogens (tertiary/aromatic N) is 4. The van der Waals surface area contributed by atoms with Gasteiger partial charge in [0.25, 0.3) is 5.91 Å². The first-order chi connectivity index (χ1) is 11.2. The van der Waals surface area contributed by atoms with Crippen molar-refractivity contribution in [1.82, 2.24) is 19.4 Å². The van der Waals surface area contributed by atoms with Crippen molar-refractivity contribution in [3.05, 3.63) is 42.1 Å². The lowest BCUT2D eigenvalue weighted by molar-refractivity contribution is 0.0657. The van der Waals surface area contributed by atoms with E-state index in [2.05, 4.69) is 14.5 Å². The number of rotatable bonds is 4. The van der Waals surface area contributed by atoms with Gasteiger partial charge in [0.2, 0.25) is 0 Å². The van der Waals surface area contributed by atoms with Gasteiger partial charge in [-0.15, -0.1) is 11.8 Å². The van der Waals surface area contributed by atoms with E-state index in [1.807, 2.05) is 42.6 Å². The van der Waals surface area contributed by atoms with Crippen molar-refractivity contribution in [2.24, 2.45) is 5.92 Å². The molecule has 0 aromatic carbocycles. The minimum Gasteiger partial charge on any atom is -0.338 e. The highest BCUT2D eigenvalue weighted by Crippen LogP contribution is 2.23. The summed E-state index contributed by atoms with van der Waals surface area (Å²) < 4.78 is 2.18. The van der Waals surface area contributed by atoms with Crippen LogP contribution in [0.15, 0.2) is 35.7 Å². The summed E-state index contributed by atoms with van der Waals surface area (Å²) in [5.74, 6) is 1.62. The fourth-order valence-corrected chi connectivity index (χ4v) is 3.70. The van der Waals surface area contributed by atoms with Gasteiger partial charge in [0.15, 0.2) is 0 Å². The molecule has 5 nitrogen and oxygen atoms in total. The van der Waals surface area contributed by atoms with Crippen molar-refractivity contribution < 1.29 is 4.79 Å². The number of aromatic nitrogens is 3. The van der Waals surface area contributed by atoms with E-state index in [1.54, 1.807) is 6.20 Å². The number of pyridine rings is 1. The highest BCUT2D eigenvalue weighted by molar-refractivity contribution is 7.98. The van der Waals surface area contributed by atoms with Gasteiger partial charge in [-0.05, 0) is 44.1 Å². The highest BCUT2D eigenvalue weighted by Gasteiger charge is 2.26. The van der Waals surface area contributed by atoms with Crippen LogP contribution in [0, 0.1) is 12.8 Å². The molecule has 0 bridgehead atoms. The van der Waals surface area contributed by atoms with E-state index < -0.39 is 0 Å². The molecule has 3 heterocycles. The van der Waals surface area contributed by atoms with Crippen LogP contribution >= 0.6 is 11.8 Å². The van der Waals surface area contributed by atoms with Gasteiger partial charge in [0.05, 0.1) is 5.56 Å². The van der Waals surface area contributed by atoms with E-state index in [9.17, 15) is 4.79 Å². The molecule has 0 radical (unpaired) electrons. The molecule has 23 heavy (non-hydrogen) atoms. The van der Waals surface area contributed by atoms with Crippen molar-refractivity contribution in [2.75, 3.05) is 19.3 Å². The average Bonchev–Trinajstić information content (AvgIpc) is 2.99. The Morgan fingerprint density at radius 3 is 3.00 bits per heavy atom. The van der Waals surface area contributed by atoms with Crippen LogP contribution in [0.3, 0.4) is 0 Å². The van der Waals surface area contributed by atoms with Crippen molar-refractivity contribution >= 4 is 17.7 Å². The number of hydrogen-bond acceptors (Lipinski definition) is 4. The van der Waals surface area contributed by atoms with Gasteiger partial charge in [-0.1, -0.05) is 0 Å². The lowest BCUT2D eigenvalue weighted by Gasteiger charge is -2.33. The average molecular weight is 330 g/mol. The normalized spacial score (nSPS) is 18.2. The number of thioether (sulfide) groups is 1. The summed E-state index contributed by atoms with van der Waals surface area (Å²) in [7, 11) is 0. The Kier molecular flexibility index (Phi) is 5.00. The third-order valence-corrected chi connectivity index (χ3v) is 5.09. The Hall–Kier alpha value is -1.82. The number of likely N-dealkylation sites (tertiary alicyclic amines) is 1. The van der Waals surface area contributed by atoms with Crippen LogP contribution in [-0.2, 0) is 6.54 Å². The molecule has 1 saturated heterocycles. The Bertz CT molecular complexity index is 685. The van der Waals surface area contributed by atoms with Crippen molar-refractivity contribution in [2.45, 2.75) is 31.3 Å². The molecule has 0 spiro atoms. The molecule has 0 unspecified atom stereocenters. The van der Waals surface area contributed by atoms with Crippen molar-refractivity contribution in [3.8, 4) is 0 Å². The summed E-state index contributed by atoms with van der Waals surface area (Å²) in [6.45, 7) is 4.59. The Morgan fingerprint density at radius 1 is 1.39 bits per heavy atom. The summed E-state index contributed by atoms with van der Waals surface area (Å²) in [5.41, 5.74) is 0.722. The van der Waals surface area contributed by atoms with Crippen molar-refractivity contribution in [3.63, 3.8) is 0 Å². The minimum absolute atomic E-state index is 0.106. The minimum atomic E-state index is 0.106. The van der Waals surface area contributed by atoms with E-state index in [0.29, 0.717) is 5.92 Å². The molecule has 3 rings (SSSR count). The SMILES string of the molecule is CSc1ncccc1C(=O)N1CCC[C@@H](Cn2ccnc2C)C1. The van der Waals surface area contributed by atoms with Crippen LogP contribution in [0.5, 0.6) is 0 Å². The fraction of sp³-hybridized carbons (Fsp3) is 0.471. The van der Waals surface area contributed by atoms with Gasteiger partial charge < -0.3 is 9.47 Å². The summed E-state index contributed by atoms with van der Waals surface area (Å²) in [6.07, 6.45) is 9.76. The quantitative estimate of drug-likeness (QED) is 0.809. The van der Waals surface area contributed by atoms with Gasteiger partial charge in [-0.2, -0.15) is 0 Å². The second-order valence-electron chi connectivity index (χ2n) is 5.95. The lowest BCUT2D eigenvalue weighted by atomic mass is 9.97. The number of amides is 1. The standard InChI is InChI=1S/C17H22N4OS/c1-13-18-8-10-20(13)11-14-5-4-9-21(12-14)17(22)15-6-3-7-19-16(15)23-2/h3,6-8,10,14H,4-5,9,11-12H2,1-2H3/t14-/m0/s1. The van der Waals surface area contributed by atoms with Gasteiger partial charge in [-0.3, -0.25) is 4.79 Å². The molecule has 0 N–H and O–H groups in total. The topological polar surface area (TPSA) is 51.0 Å². The molecule has 0 saturated carbocycles. The van der Waals surface area contributed by atoms with Crippen LogP contribution in [0.25, 0.3) is 0 Å². The predicted molar refractivity (Wildman–Crippen MR) is 91.6 cm³/mol. The first-order valence-corrected chi connectivity index (χ1v) is 9.17. The number of hydrogen-bond donors (Lipinski definition) is 0. The van der Waals surface area contributed by atoms with Crippen molar-refractivity contribution in [1.29, 1.82) is 0 Å². The van der Waals surface area contributed by atoms with Gasteiger partial charge in [-0.25, -0.2) is 9.97 Å². The number of carbonyl (C=O) groups excluding carboxylic acids is 1. The molecular formula is C17H22N4OS. The maximum atomic E-state index is 12.8. The van der Waals surface area contributed by atoms with Crippen LogP contribution in [0.2, 0.25) is 0 Å². The highest BCUT2D eigenvalue weighted by atomic mass is 32.2. The summed E-state index contributed by atoms with van der Waals surface area (Å²) >= 11 is 1.52. The third-order valence-electron chi connectivity index (χ3n) is 4.38. The molecule has 6 heteroatoms. The molecule has 1 aliphatic heterocycles. The van der Waals surface area contributed by atoms with E-state index in [4.69, 9.17) is 0 Å². The summed E-state index contributed by atoms with van der Waals surface area (Å²) in [4.78, 5) is 23.4. The number of aryl methyl sites for hydroxylation is 1. The monoisotopic (exact) mass is 330 g/mol. The smallest absolute Gasteiger partial charge is 0.256 e. The van der Waals surface area contributed by atoms with Gasteiger partial charge in [0, 0.05) is 38.2 Å². The first-order valence-electron chi connectivity index (χ1n) is 7.95. The maximum Gasteiger partial charge on any atom is 0.256 e.